The fraction of sp³-hybridized carbons (Fsp3) is 0.222. The van der Waals surface area contributed by atoms with Crippen LogP contribution in [-0.4, -0.2) is 15.0 Å². The van der Waals surface area contributed by atoms with Crippen LogP contribution >= 0.6 is 11.6 Å². The quantitative estimate of drug-likeness (QED) is 0.811. The Morgan fingerprint density at radius 2 is 2.40 bits per heavy atom. The van der Waals surface area contributed by atoms with E-state index in [1.165, 1.54) is 6.39 Å². The van der Waals surface area contributed by atoms with Crippen LogP contribution in [0.2, 0.25) is 5.15 Å². The molecule has 2 aromatic rings. The highest BCUT2D eigenvalue weighted by Gasteiger charge is 2.09. The van der Waals surface area contributed by atoms with Gasteiger partial charge in [-0.1, -0.05) is 11.6 Å². The molecular formula is C9H9ClN4O. The van der Waals surface area contributed by atoms with Crippen LogP contribution < -0.4 is 5.32 Å². The van der Waals surface area contributed by atoms with Gasteiger partial charge in [-0.15, -0.1) is 0 Å². The third-order valence-electron chi connectivity index (χ3n) is 1.85. The summed E-state index contributed by atoms with van der Waals surface area (Å²) in [5.74, 6) is 1.19. The van der Waals surface area contributed by atoms with Crippen LogP contribution in [0.25, 0.3) is 0 Å². The van der Waals surface area contributed by atoms with Crippen molar-refractivity contribution in [3.05, 3.63) is 35.8 Å². The zero-order valence-electron chi connectivity index (χ0n) is 8.01. The normalized spacial score (nSPS) is 12.4. The molecule has 0 bridgehead atoms. The molecule has 0 amide bonds. The number of rotatable bonds is 3. The summed E-state index contributed by atoms with van der Waals surface area (Å²) in [7, 11) is 0. The minimum atomic E-state index is -0.0500. The van der Waals surface area contributed by atoms with Crippen LogP contribution in [-0.2, 0) is 0 Å². The lowest BCUT2D eigenvalue weighted by Crippen LogP contribution is -2.08. The summed E-state index contributed by atoms with van der Waals surface area (Å²) in [6.07, 6.45) is 4.61. The lowest BCUT2D eigenvalue weighted by Gasteiger charge is -2.09. The molecule has 0 aliphatic rings. The molecule has 15 heavy (non-hydrogen) atoms. The third kappa shape index (κ3) is 2.44. The zero-order valence-corrected chi connectivity index (χ0v) is 8.77. The average molecular weight is 225 g/mol. The highest BCUT2D eigenvalue weighted by molar-refractivity contribution is 6.29. The molecule has 78 valence electrons. The van der Waals surface area contributed by atoms with E-state index in [0.717, 1.165) is 5.76 Å². The summed E-state index contributed by atoms with van der Waals surface area (Å²) in [4.78, 5) is 11.9. The van der Waals surface area contributed by atoms with E-state index in [-0.39, 0.29) is 6.04 Å². The summed E-state index contributed by atoms with van der Waals surface area (Å²) < 4.78 is 5.14. The number of oxazole rings is 1. The van der Waals surface area contributed by atoms with E-state index in [9.17, 15) is 0 Å². The summed E-state index contributed by atoms with van der Waals surface area (Å²) in [5.41, 5.74) is 0. The largest absolute Gasteiger partial charge is 0.446 e. The number of hydrogen-bond acceptors (Lipinski definition) is 5. The lowest BCUT2D eigenvalue weighted by molar-refractivity contribution is 0.485. The number of nitrogens with zero attached hydrogens (tertiary/aromatic N) is 3. The highest BCUT2D eigenvalue weighted by Crippen LogP contribution is 2.16. The van der Waals surface area contributed by atoms with Gasteiger partial charge in [-0.3, -0.25) is 0 Å². The van der Waals surface area contributed by atoms with E-state index < -0.39 is 0 Å². The van der Waals surface area contributed by atoms with E-state index >= 15 is 0 Å². The maximum Gasteiger partial charge on any atom is 0.224 e. The van der Waals surface area contributed by atoms with E-state index in [4.69, 9.17) is 16.0 Å². The van der Waals surface area contributed by atoms with Crippen LogP contribution in [0.4, 0.5) is 5.95 Å². The van der Waals surface area contributed by atoms with Crippen molar-refractivity contribution in [1.82, 2.24) is 15.0 Å². The van der Waals surface area contributed by atoms with E-state index in [1.54, 1.807) is 18.5 Å². The Labute approximate surface area is 91.5 Å². The van der Waals surface area contributed by atoms with Crippen molar-refractivity contribution in [1.29, 1.82) is 0 Å². The van der Waals surface area contributed by atoms with Gasteiger partial charge in [0.15, 0.2) is 6.39 Å². The fourth-order valence-corrected chi connectivity index (χ4v) is 1.25. The third-order valence-corrected chi connectivity index (χ3v) is 2.06. The second kappa shape index (κ2) is 4.27. The van der Waals surface area contributed by atoms with Gasteiger partial charge in [0.2, 0.25) is 5.95 Å². The van der Waals surface area contributed by atoms with Gasteiger partial charge in [-0.05, 0) is 13.0 Å². The van der Waals surface area contributed by atoms with Gasteiger partial charge in [0.05, 0.1) is 12.2 Å². The number of aromatic nitrogens is 3. The molecule has 5 nitrogen and oxygen atoms in total. The smallest absolute Gasteiger partial charge is 0.224 e. The Morgan fingerprint density at radius 1 is 1.53 bits per heavy atom. The summed E-state index contributed by atoms with van der Waals surface area (Å²) in [6, 6.07) is 1.57. The van der Waals surface area contributed by atoms with Crippen molar-refractivity contribution in [2.75, 3.05) is 5.32 Å². The minimum Gasteiger partial charge on any atom is -0.446 e. The maximum absolute atomic E-state index is 5.73. The van der Waals surface area contributed by atoms with Crippen LogP contribution in [0.1, 0.15) is 18.7 Å². The molecule has 0 spiro atoms. The molecule has 1 atom stereocenters. The molecule has 0 fully saturated rings. The van der Waals surface area contributed by atoms with Crippen molar-refractivity contribution < 1.29 is 4.42 Å². The van der Waals surface area contributed by atoms with Gasteiger partial charge in [0.25, 0.3) is 0 Å². The summed E-state index contributed by atoms with van der Waals surface area (Å²) >= 11 is 5.73. The second-order valence-electron chi connectivity index (χ2n) is 2.97. The van der Waals surface area contributed by atoms with E-state index in [1.807, 2.05) is 6.92 Å². The number of nitrogens with one attached hydrogen (secondary N) is 1. The molecule has 0 saturated heterocycles. The first kappa shape index (κ1) is 9.92. The van der Waals surface area contributed by atoms with Gasteiger partial charge in [-0.2, -0.15) is 0 Å². The fourth-order valence-electron chi connectivity index (χ4n) is 1.11. The summed E-state index contributed by atoms with van der Waals surface area (Å²) in [6.45, 7) is 1.92. The molecule has 0 aliphatic carbocycles. The van der Waals surface area contributed by atoms with Crippen molar-refractivity contribution >= 4 is 17.5 Å². The minimum absolute atomic E-state index is 0.0500. The van der Waals surface area contributed by atoms with Crippen molar-refractivity contribution in [3.8, 4) is 0 Å². The Bertz CT molecular complexity index is 431. The van der Waals surface area contributed by atoms with Crippen molar-refractivity contribution in [2.45, 2.75) is 13.0 Å². The zero-order chi connectivity index (χ0) is 10.7. The van der Waals surface area contributed by atoms with Gasteiger partial charge >= 0.3 is 0 Å². The molecule has 1 unspecified atom stereocenters. The molecule has 2 heterocycles. The average Bonchev–Trinajstić information content (AvgIpc) is 2.70. The van der Waals surface area contributed by atoms with Crippen LogP contribution in [0.5, 0.6) is 0 Å². The van der Waals surface area contributed by atoms with Crippen LogP contribution in [0.15, 0.2) is 29.3 Å². The van der Waals surface area contributed by atoms with Crippen LogP contribution in [0.3, 0.4) is 0 Å². The molecule has 0 radical (unpaired) electrons. The first-order chi connectivity index (χ1) is 7.25. The monoisotopic (exact) mass is 224 g/mol. The Balaban J connectivity index is 2.09. The number of hydrogen-bond donors (Lipinski definition) is 1. The van der Waals surface area contributed by atoms with Crippen molar-refractivity contribution in [3.63, 3.8) is 0 Å². The first-order valence-corrected chi connectivity index (χ1v) is 4.77. The Morgan fingerprint density at radius 3 is 3.07 bits per heavy atom. The van der Waals surface area contributed by atoms with Gasteiger partial charge in [-0.25, -0.2) is 15.0 Å². The molecule has 1 N–H and O–H groups in total. The van der Waals surface area contributed by atoms with Crippen molar-refractivity contribution in [2.24, 2.45) is 0 Å². The molecule has 0 aromatic carbocycles. The lowest BCUT2D eigenvalue weighted by atomic mass is 10.3. The molecule has 6 heteroatoms. The summed E-state index contributed by atoms with van der Waals surface area (Å²) in [5, 5.41) is 3.44. The topological polar surface area (TPSA) is 63.8 Å². The van der Waals surface area contributed by atoms with Gasteiger partial charge < -0.3 is 9.73 Å². The SMILES string of the molecule is CC(Nc1nccc(Cl)n1)c1cnco1. The molecule has 0 aliphatic heterocycles. The highest BCUT2D eigenvalue weighted by atomic mass is 35.5. The van der Waals surface area contributed by atoms with Crippen LogP contribution in [0, 0.1) is 0 Å². The molecule has 2 aromatic heterocycles. The Hall–Kier alpha value is -1.62. The molecule has 2 rings (SSSR count). The van der Waals surface area contributed by atoms with Gasteiger partial charge in [0, 0.05) is 6.20 Å². The maximum atomic E-state index is 5.73. The number of halogens is 1. The predicted octanol–water partition coefficient (Wildman–Crippen LogP) is 2.29. The van der Waals surface area contributed by atoms with Gasteiger partial charge in [0.1, 0.15) is 10.9 Å². The first-order valence-electron chi connectivity index (χ1n) is 4.39. The second-order valence-corrected chi connectivity index (χ2v) is 3.36. The van der Waals surface area contributed by atoms with E-state index in [0.29, 0.717) is 11.1 Å². The molecular weight excluding hydrogens is 216 g/mol. The standard InChI is InChI=1S/C9H9ClN4O/c1-6(7-4-11-5-15-7)13-9-12-3-2-8(10)14-9/h2-6H,1H3,(H,12,13,14). The van der Waals surface area contributed by atoms with E-state index in [2.05, 4.69) is 20.3 Å². The predicted molar refractivity (Wildman–Crippen MR) is 55.6 cm³/mol. The Kier molecular flexibility index (Phi) is 2.82. The molecule has 0 saturated carbocycles. The number of anilines is 1.